The first-order valence-electron chi connectivity index (χ1n) is 9.20. The molecule has 3 rings (SSSR count). The van der Waals surface area contributed by atoms with Crippen molar-refractivity contribution >= 4 is 27.3 Å². The summed E-state index contributed by atoms with van der Waals surface area (Å²) in [5.41, 5.74) is -0.498. The van der Waals surface area contributed by atoms with Gasteiger partial charge < -0.3 is 5.32 Å². The van der Waals surface area contributed by atoms with Crippen molar-refractivity contribution in [3.63, 3.8) is 0 Å². The van der Waals surface area contributed by atoms with Gasteiger partial charge in [-0.1, -0.05) is 24.3 Å². The zero-order valence-electron chi connectivity index (χ0n) is 16.6. The van der Waals surface area contributed by atoms with Crippen molar-refractivity contribution in [1.29, 1.82) is 0 Å². The number of nitrogens with one attached hydrogen (secondary N) is 2. The van der Waals surface area contributed by atoms with Gasteiger partial charge in [0.05, 0.1) is 27.1 Å². The number of amides is 1. The molecule has 0 aromatic heterocycles. The molecule has 0 bridgehead atoms. The van der Waals surface area contributed by atoms with E-state index in [9.17, 15) is 32.1 Å². The van der Waals surface area contributed by atoms with Crippen LogP contribution in [0, 0.1) is 21.7 Å². The number of carbonyl (C=O) groups excluding carboxylic acids is 1. The molecule has 32 heavy (non-hydrogen) atoms. The Bertz CT molecular complexity index is 1300. The van der Waals surface area contributed by atoms with E-state index in [1.54, 1.807) is 0 Å². The molecule has 0 spiro atoms. The van der Waals surface area contributed by atoms with Gasteiger partial charge in [-0.3, -0.25) is 19.6 Å². The Morgan fingerprint density at radius 3 is 2.44 bits per heavy atom. The third-order valence-electron chi connectivity index (χ3n) is 4.53. The molecule has 0 fully saturated rings. The fraction of sp³-hybridized carbons (Fsp3) is 0.0952. The fourth-order valence-corrected chi connectivity index (χ4v) is 4.06. The molecule has 0 radical (unpaired) electrons. The van der Waals surface area contributed by atoms with Gasteiger partial charge in [-0.2, -0.15) is 0 Å². The standard InChI is InChI=1S/C21H17F2N3O5S/c1-13(17-10-9-14(22)11-19(17)23)24-21(27)18-7-2-3-8-20(18)25-32(30,31)16-6-4-5-15(12-16)26(28)29/h2-13,25H,1H3,(H,24,27). The van der Waals surface area contributed by atoms with Crippen LogP contribution >= 0.6 is 0 Å². The number of nitrogens with zero attached hydrogens (tertiary/aromatic N) is 1. The minimum absolute atomic E-state index is 0.0504. The van der Waals surface area contributed by atoms with Gasteiger partial charge >= 0.3 is 0 Å². The lowest BCUT2D eigenvalue weighted by Crippen LogP contribution is -2.28. The van der Waals surface area contributed by atoms with Crippen LogP contribution in [0.4, 0.5) is 20.2 Å². The van der Waals surface area contributed by atoms with Crippen molar-refractivity contribution in [2.75, 3.05) is 4.72 Å². The van der Waals surface area contributed by atoms with Crippen LogP contribution < -0.4 is 10.0 Å². The number of nitro benzene ring substituents is 1. The second kappa shape index (κ2) is 9.10. The van der Waals surface area contributed by atoms with Crippen LogP contribution in [-0.4, -0.2) is 19.2 Å². The van der Waals surface area contributed by atoms with Gasteiger partial charge in [0.2, 0.25) is 0 Å². The smallest absolute Gasteiger partial charge is 0.270 e. The second-order valence-electron chi connectivity index (χ2n) is 6.77. The Labute approximate surface area is 182 Å². The minimum Gasteiger partial charge on any atom is -0.345 e. The lowest BCUT2D eigenvalue weighted by atomic mass is 10.1. The van der Waals surface area contributed by atoms with Crippen LogP contribution in [0.25, 0.3) is 0 Å². The number of carbonyl (C=O) groups is 1. The molecule has 8 nitrogen and oxygen atoms in total. The van der Waals surface area contributed by atoms with Gasteiger partial charge in [0.15, 0.2) is 0 Å². The number of halogens is 2. The number of nitro groups is 1. The second-order valence-corrected chi connectivity index (χ2v) is 8.45. The van der Waals surface area contributed by atoms with E-state index in [1.807, 2.05) is 0 Å². The minimum atomic E-state index is -4.25. The summed E-state index contributed by atoms with van der Waals surface area (Å²) >= 11 is 0. The molecule has 1 unspecified atom stereocenters. The summed E-state index contributed by atoms with van der Waals surface area (Å²) in [6.07, 6.45) is 0. The van der Waals surface area contributed by atoms with Crippen molar-refractivity contribution in [2.45, 2.75) is 17.9 Å². The van der Waals surface area contributed by atoms with Gasteiger partial charge in [-0.15, -0.1) is 0 Å². The van der Waals surface area contributed by atoms with E-state index in [0.717, 1.165) is 18.2 Å². The molecular weight excluding hydrogens is 444 g/mol. The fourth-order valence-electron chi connectivity index (χ4n) is 2.94. The van der Waals surface area contributed by atoms with Crippen molar-refractivity contribution in [2.24, 2.45) is 0 Å². The van der Waals surface area contributed by atoms with Crippen LogP contribution in [0.1, 0.15) is 28.9 Å². The number of anilines is 1. The Morgan fingerprint density at radius 2 is 1.75 bits per heavy atom. The lowest BCUT2D eigenvalue weighted by Gasteiger charge is -2.17. The largest absolute Gasteiger partial charge is 0.345 e. The first kappa shape index (κ1) is 22.8. The van der Waals surface area contributed by atoms with Gasteiger partial charge in [0, 0.05) is 23.8 Å². The first-order valence-corrected chi connectivity index (χ1v) is 10.7. The number of para-hydroxylation sites is 1. The highest BCUT2D eigenvalue weighted by atomic mass is 32.2. The first-order chi connectivity index (χ1) is 15.1. The predicted octanol–water partition coefficient (Wildman–Crippen LogP) is 4.16. The molecule has 166 valence electrons. The van der Waals surface area contributed by atoms with Gasteiger partial charge in [-0.25, -0.2) is 17.2 Å². The van der Waals surface area contributed by atoms with Gasteiger partial charge in [0.25, 0.3) is 21.6 Å². The van der Waals surface area contributed by atoms with E-state index in [2.05, 4.69) is 10.0 Å². The average Bonchev–Trinajstić information content (AvgIpc) is 2.73. The third kappa shape index (κ3) is 5.06. The maximum atomic E-state index is 14.0. The van der Waals surface area contributed by atoms with E-state index in [4.69, 9.17) is 0 Å². The number of non-ortho nitro benzene ring substituents is 1. The quantitative estimate of drug-likeness (QED) is 0.405. The van der Waals surface area contributed by atoms with E-state index < -0.39 is 44.2 Å². The van der Waals surface area contributed by atoms with Crippen LogP contribution in [0.3, 0.4) is 0 Å². The Balaban J connectivity index is 1.86. The van der Waals surface area contributed by atoms with Crippen LogP contribution in [0.15, 0.2) is 71.6 Å². The molecule has 0 saturated heterocycles. The van der Waals surface area contributed by atoms with Crippen molar-refractivity contribution in [1.82, 2.24) is 5.32 Å². The summed E-state index contributed by atoms with van der Waals surface area (Å²) in [5, 5.41) is 13.5. The average molecular weight is 461 g/mol. The summed E-state index contributed by atoms with van der Waals surface area (Å²) in [6, 6.07) is 12.2. The Morgan fingerprint density at radius 1 is 1.03 bits per heavy atom. The van der Waals surface area contributed by atoms with E-state index in [0.29, 0.717) is 6.07 Å². The molecule has 2 N–H and O–H groups in total. The molecule has 0 heterocycles. The van der Waals surface area contributed by atoms with E-state index >= 15 is 0 Å². The lowest BCUT2D eigenvalue weighted by molar-refractivity contribution is -0.385. The monoisotopic (exact) mass is 461 g/mol. The molecule has 0 aliphatic rings. The molecule has 0 aliphatic heterocycles. The topological polar surface area (TPSA) is 118 Å². The highest BCUT2D eigenvalue weighted by Gasteiger charge is 2.22. The SMILES string of the molecule is CC(NC(=O)c1ccccc1NS(=O)(=O)c1cccc([N+](=O)[O-])c1)c1ccc(F)cc1F. The third-order valence-corrected chi connectivity index (χ3v) is 5.89. The summed E-state index contributed by atoms with van der Waals surface area (Å²) in [5.74, 6) is -2.30. The summed E-state index contributed by atoms with van der Waals surface area (Å²) in [6.45, 7) is 1.49. The summed E-state index contributed by atoms with van der Waals surface area (Å²) < 4.78 is 54.8. The van der Waals surface area contributed by atoms with Crippen molar-refractivity contribution in [3.8, 4) is 0 Å². The Hall–Kier alpha value is -3.86. The number of rotatable bonds is 7. The van der Waals surface area contributed by atoms with Crippen molar-refractivity contribution < 1.29 is 26.9 Å². The van der Waals surface area contributed by atoms with Crippen LogP contribution in [-0.2, 0) is 10.0 Å². The zero-order chi connectivity index (χ0) is 23.5. The molecule has 0 aliphatic carbocycles. The molecule has 0 saturated carbocycles. The predicted molar refractivity (Wildman–Crippen MR) is 113 cm³/mol. The molecule has 1 amide bonds. The molecule has 1 atom stereocenters. The maximum absolute atomic E-state index is 14.0. The highest BCUT2D eigenvalue weighted by Crippen LogP contribution is 2.24. The van der Waals surface area contributed by atoms with E-state index in [1.165, 1.54) is 49.4 Å². The summed E-state index contributed by atoms with van der Waals surface area (Å²) in [7, 11) is -4.25. The van der Waals surface area contributed by atoms with Crippen LogP contribution in [0.5, 0.6) is 0 Å². The molecule has 3 aromatic rings. The van der Waals surface area contributed by atoms with Gasteiger partial charge in [-0.05, 0) is 31.2 Å². The van der Waals surface area contributed by atoms with Crippen molar-refractivity contribution in [3.05, 3.63) is 99.6 Å². The van der Waals surface area contributed by atoms with Gasteiger partial charge in [0.1, 0.15) is 11.6 Å². The number of hydrogen-bond donors (Lipinski definition) is 2. The van der Waals surface area contributed by atoms with E-state index in [-0.39, 0.29) is 21.7 Å². The Kier molecular flexibility index (Phi) is 6.49. The number of hydrogen-bond acceptors (Lipinski definition) is 5. The summed E-state index contributed by atoms with van der Waals surface area (Å²) in [4.78, 5) is 22.6. The number of sulfonamides is 1. The molecule has 11 heteroatoms. The maximum Gasteiger partial charge on any atom is 0.270 e. The van der Waals surface area contributed by atoms with Crippen LogP contribution in [0.2, 0.25) is 0 Å². The molecular formula is C21H17F2N3O5S. The molecule has 3 aromatic carbocycles. The number of benzene rings is 3. The normalized spacial score (nSPS) is 12.1. The highest BCUT2D eigenvalue weighted by molar-refractivity contribution is 7.92. The zero-order valence-corrected chi connectivity index (χ0v) is 17.4.